The van der Waals surface area contributed by atoms with E-state index in [2.05, 4.69) is 23.3 Å². The molecule has 0 atom stereocenters. The number of pyridine rings is 1. The molecule has 0 aliphatic heterocycles. The molecule has 84 valence electrons. The molecular formula is C14H11FN2. The molecule has 0 unspecified atom stereocenters. The van der Waals surface area contributed by atoms with Gasteiger partial charge in [-0.1, -0.05) is 18.7 Å². The summed E-state index contributed by atoms with van der Waals surface area (Å²) in [4.78, 5) is 7.59. The molecule has 0 N–H and O–H groups in total. The first kappa shape index (κ1) is 11.2. The summed E-state index contributed by atoms with van der Waals surface area (Å²) in [5.41, 5.74) is 2.85. The molecule has 0 amide bonds. The number of benzene rings is 1. The van der Waals surface area contributed by atoms with Crippen molar-refractivity contribution in [1.82, 2.24) is 4.98 Å². The van der Waals surface area contributed by atoms with Crippen molar-refractivity contribution < 1.29 is 4.39 Å². The molecule has 17 heavy (non-hydrogen) atoms. The van der Waals surface area contributed by atoms with Crippen LogP contribution in [-0.2, 0) is 0 Å². The maximum atomic E-state index is 13.6. The normalized spacial score (nSPS) is 9.94. The van der Waals surface area contributed by atoms with E-state index >= 15 is 0 Å². The highest BCUT2D eigenvalue weighted by molar-refractivity contribution is 5.74. The van der Waals surface area contributed by atoms with Crippen LogP contribution in [0.15, 0.2) is 48.2 Å². The fraction of sp³-hybridized carbons (Fsp3) is 0. The Hall–Kier alpha value is -2.29. The standard InChI is InChI=1S/C14H11FN2/c1-3-10-8-11(4-5-14(10)16-2)12-6-7-17-9-13(12)15/h3-9H,1-2H2. The van der Waals surface area contributed by atoms with Gasteiger partial charge in [-0.2, -0.15) is 0 Å². The monoisotopic (exact) mass is 226 g/mol. The van der Waals surface area contributed by atoms with Crippen LogP contribution in [0.2, 0.25) is 0 Å². The highest BCUT2D eigenvalue weighted by Crippen LogP contribution is 2.28. The molecule has 0 bridgehead atoms. The van der Waals surface area contributed by atoms with Gasteiger partial charge >= 0.3 is 0 Å². The third kappa shape index (κ3) is 2.13. The minimum Gasteiger partial charge on any atom is -0.264 e. The molecule has 0 aliphatic rings. The van der Waals surface area contributed by atoms with Crippen molar-refractivity contribution in [3.63, 3.8) is 0 Å². The average molecular weight is 226 g/mol. The number of nitrogens with zero attached hydrogens (tertiary/aromatic N) is 2. The lowest BCUT2D eigenvalue weighted by Gasteiger charge is -2.06. The van der Waals surface area contributed by atoms with E-state index in [9.17, 15) is 4.39 Å². The summed E-state index contributed by atoms with van der Waals surface area (Å²) in [6.45, 7) is 7.18. The van der Waals surface area contributed by atoms with Gasteiger partial charge in [0.15, 0.2) is 0 Å². The first-order valence-electron chi connectivity index (χ1n) is 5.09. The van der Waals surface area contributed by atoms with E-state index in [4.69, 9.17) is 0 Å². The molecule has 0 aliphatic carbocycles. The van der Waals surface area contributed by atoms with Crippen LogP contribution in [0.4, 0.5) is 10.1 Å². The quantitative estimate of drug-likeness (QED) is 0.729. The molecule has 1 aromatic carbocycles. The van der Waals surface area contributed by atoms with Crippen molar-refractivity contribution in [2.45, 2.75) is 0 Å². The Morgan fingerprint density at radius 1 is 1.29 bits per heavy atom. The van der Waals surface area contributed by atoms with Gasteiger partial charge in [0.1, 0.15) is 5.82 Å². The Morgan fingerprint density at radius 3 is 2.76 bits per heavy atom. The van der Waals surface area contributed by atoms with Crippen LogP contribution in [0.25, 0.3) is 17.2 Å². The van der Waals surface area contributed by atoms with Gasteiger partial charge < -0.3 is 0 Å². The van der Waals surface area contributed by atoms with Crippen molar-refractivity contribution in [1.29, 1.82) is 0 Å². The van der Waals surface area contributed by atoms with Gasteiger partial charge in [-0.05, 0) is 30.5 Å². The Morgan fingerprint density at radius 2 is 2.12 bits per heavy atom. The zero-order chi connectivity index (χ0) is 12.3. The van der Waals surface area contributed by atoms with E-state index in [1.165, 1.54) is 6.20 Å². The van der Waals surface area contributed by atoms with E-state index in [0.717, 1.165) is 16.8 Å². The molecule has 0 spiro atoms. The summed E-state index contributed by atoms with van der Waals surface area (Å²) in [5.74, 6) is -0.346. The SMILES string of the molecule is C=Cc1cc(-c2ccncc2F)ccc1N=C. The van der Waals surface area contributed by atoms with Gasteiger partial charge in [0, 0.05) is 17.3 Å². The highest BCUT2D eigenvalue weighted by Gasteiger charge is 2.06. The van der Waals surface area contributed by atoms with Crippen LogP contribution in [0.5, 0.6) is 0 Å². The number of halogens is 1. The maximum absolute atomic E-state index is 13.6. The Labute approximate surface area is 99.2 Å². The van der Waals surface area contributed by atoms with E-state index in [-0.39, 0.29) is 5.82 Å². The second-order valence-electron chi connectivity index (χ2n) is 3.49. The summed E-state index contributed by atoms with van der Waals surface area (Å²) in [5, 5.41) is 0. The van der Waals surface area contributed by atoms with Crippen LogP contribution in [0.1, 0.15) is 5.56 Å². The first-order chi connectivity index (χ1) is 8.26. The minimum atomic E-state index is -0.346. The summed E-state index contributed by atoms with van der Waals surface area (Å²) in [6, 6.07) is 7.06. The van der Waals surface area contributed by atoms with Gasteiger partial charge in [-0.3, -0.25) is 9.98 Å². The second-order valence-corrected chi connectivity index (χ2v) is 3.49. The number of hydrogen-bond donors (Lipinski definition) is 0. The van der Waals surface area contributed by atoms with Crippen LogP contribution in [-0.4, -0.2) is 11.7 Å². The molecule has 2 nitrogen and oxygen atoms in total. The molecule has 2 aromatic rings. The van der Waals surface area contributed by atoms with Crippen molar-refractivity contribution in [3.8, 4) is 11.1 Å². The maximum Gasteiger partial charge on any atom is 0.149 e. The summed E-state index contributed by atoms with van der Waals surface area (Å²) < 4.78 is 13.6. The molecular weight excluding hydrogens is 215 g/mol. The van der Waals surface area contributed by atoms with Gasteiger partial charge in [0.25, 0.3) is 0 Å². The zero-order valence-electron chi connectivity index (χ0n) is 9.23. The third-order valence-corrected chi connectivity index (χ3v) is 2.50. The molecule has 0 saturated heterocycles. The lowest BCUT2D eigenvalue weighted by Crippen LogP contribution is -1.86. The van der Waals surface area contributed by atoms with Crippen molar-refractivity contribution >= 4 is 18.5 Å². The Kier molecular flexibility index (Phi) is 3.10. The number of rotatable bonds is 3. The average Bonchev–Trinajstić information content (AvgIpc) is 2.38. The summed E-state index contributed by atoms with van der Waals surface area (Å²) in [6.07, 6.45) is 4.43. The highest BCUT2D eigenvalue weighted by atomic mass is 19.1. The number of aliphatic imine (C=N–C) groups is 1. The Balaban J connectivity index is 2.58. The molecule has 0 saturated carbocycles. The van der Waals surface area contributed by atoms with Crippen LogP contribution in [0.3, 0.4) is 0 Å². The molecule has 2 rings (SSSR count). The van der Waals surface area contributed by atoms with Gasteiger partial charge in [0.05, 0.1) is 11.9 Å². The molecule has 3 heteroatoms. The second kappa shape index (κ2) is 4.70. The Bertz CT molecular complexity index is 576. The largest absolute Gasteiger partial charge is 0.264 e. The first-order valence-corrected chi connectivity index (χ1v) is 5.09. The number of hydrogen-bond acceptors (Lipinski definition) is 2. The van der Waals surface area contributed by atoms with Gasteiger partial charge in [-0.25, -0.2) is 4.39 Å². The van der Waals surface area contributed by atoms with Crippen LogP contribution >= 0.6 is 0 Å². The zero-order valence-corrected chi connectivity index (χ0v) is 9.23. The predicted octanol–water partition coefficient (Wildman–Crippen LogP) is 3.86. The smallest absolute Gasteiger partial charge is 0.149 e. The lowest BCUT2D eigenvalue weighted by molar-refractivity contribution is 0.625. The van der Waals surface area contributed by atoms with Gasteiger partial charge in [-0.15, -0.1) is 0 Å². The van der Waals surface area contributed by atoms with Crippen molar-refractivity contribution in [2.24, 2.45) is 4.99 Å². The van der Waals surface area contributed by atoms with Crippen molar-refractivity contribution in [3.05, 3.63) is 54.6 Å². The predicted molar refractivity (Wildman–Crippen MR) is 68.9 cm³/mol. The lowest BCUT2D eigenvalue weighted by atomic mass is 10.0. The van der Waals surface area contributed by atoms with E-state index in [1.54, 1.807) is 30.5 Å². The van der Waals surface area contributed by atoms with Crippen LogP contribution in [0, 0.1) is 5.82 Å². The van der Waals surface area contributed by atoms with Crippen molar-refractivity contribution in [2.75, 3.05) is 0 Å². The summed E-state index contributed by atoms with van der Waals surface area (Å²) >= 11 is 0. The van der Waals surface area contributed by atoms with E-state index < -0.39 is 0 Å². The molecule has 0 fully saturated rings. The minimum absolute atomic E-state index is 0.346. The number of aromatic nitrogens is 1. The fourth-order valence-electron chi connectivity index (χ4n) is 1.64. The van der Waals surface area contributed by atoms with Gasteiger partial charge in [0.2, 0.25) is 0 Å². The van der Waals surface area contributed by atoms with Crippen LogP contribution < -0.4 is 0 Å². The molecule has 0 radical (unpaired) electrons. The van der Waals surface area contributed by atoms with E-state index in [1.807, 2.05) is 6.07 Å². The molecule has 1 heterocycles. The topological polar surface area (TPSA) is 25.2 Å². The fourth-order valence-corrected chi connectivity index (χ4v) is 1.64. The summed E-state index contributed by atoms with van der Waals surface area (Å²) in [7, 11) is 0. The van der Waals surface area contributed by atoms with E-state index in [0.29, 0.717) is 5.56 Å². The molecule has 1 aromatic heterocycles. The third-order valence-electron chi connectivity index (χ3n) is 2.50.